The van der Waals surface area contributed by atoms with Gasteiger partial charge in [-0.2, -0.15) is 4.31 Å². The van der Waals surface area contributed by atoms with Gasteiger partial charge < -0.3 is 10.4 Å². The third kappa shape index (κ3) is 3.41. The van der Waals surface area contributed by atoms with Crippen LogP contribution in [0.5, 0.6) is 0 Å². The van der Waals surface area contributed by atoms with E-state index in [1.807, 2.05) is 6.92 Å². The van der Waals surface area contributed by atoms with Crippen molar-refractivity contribution in [3.63, 3.8) is 0 Å². The fourth-order valence-corrected chi connectivity index (χ4v) is 3.22. The number of hydrogen-bond donors (Lipinski definition) is 2. The predicted molar refractivity (Wildman–Crippen MR) is 79.5 cm³/mol. The molecule has 0 radical (unpaired) electrons. The minimum atomic E-state index is -3.76. The van der Waals surface area contributed by atoms with Crippen molar-refractivity contribution in [2.75, 3.05) is 25.5 Å². The van der Waals surface area contributed by atoms with E-state index in [9.17, 15) is 13.5 Å². The second-order valence-electron chi connectivity index (χ2n) is 4.97. The highest BCUT2D eigenvalue weighted by molar-refractivity contribution is 7.89. The zero-order valence-corrected chi connectivity index (χ0v) is 13.6. The molecule has 0 fully saturated rings. The molecular formula is C12H20ClN3O3S. The number of sulfonamides is 1. The Hall–Kier alpha value is -0.890. The zero-order valence-electron chi connectivity index (χ0n) is 12.0. The number of aliphatic hydroxyl groups is 1. The fraction of sp³-hybridized carbons (Fsp3) is 0.583. The maximum atomic E-state index is 12.5. The molecule has 20 heavy (non-hydrogen) atoms. The summed E-state index contributed by atoms with van der Waals surface area (Å²) in [6, 6.07) is 1.35. The Morgan fingerprint density at radius 2 is 2.10 bits per heavy atom. The molecule has 0 saturated heterocycles. The van der Waals surface area contributed by atoms with Crippen LogP contribution in [0.25, 0.3) is 0 Å². The summed E-state index contributed by atoms with van der Waals surface area (Å²) in [6.07, 6.45) is 1.25. The highest BCUT2D eigenvalue weighted by Gasteiger charge is 2.34. The van der Waals surface area contributed by atoms with Crippen LogP contribution in [0.15, 0.2) is 17.2 Å². The summed E-state index contributed by atoms with van der Waals surface area (Å²) in [5.41, 5.74) is -0.911. The predicted octanol–water partition coefficient (Wildman–Crippen LogP) is 1.56. The van der Waals surface area contributed by atoms with E-state index < -0.39 is 15.6 Å². The molecule has 114 valence electrons. The number of aliphatic hydroxyl groups excluding tert-OH is 1. The van der Waals surface area contributed by atoms with Gasteiger partial charge in [-0.3, -0.25) is 0 Å². The molecule has 0 amide bonds. The second-order valence-corrected chi connectivity index (χ2v) is 7.35. The number of likely N-dealkylation sites (N-methyl/N-ethyl adjacent to an activating group) is 1. The fourth-order valence-electron chi connectivity index (χ4n) is 1.44. The lowest BCUT2D eigenvalue weighted by Crippen LogP contribution is -2.47. The Bertz CT molecular complexity index is 575. The standard InChI is InChI=1S/C12H20ClN3O3S/c1-5-14-11-10(13)6-9(7-15-11)20(18,19)16(4)12(2,3)8-17/h6-7,17H,5,8H2,1-4H3,(H,14,15). The third-order valence-corrected chi connectivity index (χ3v) is 5.38. The number of aromatic nitrogens is 1. The molecule has 0 aromatic carbocycles. The Morgan fingerprint density at radius 1 is 1.50 bits per heavy atom. The lowest BCUT2D eigenvalue weighted by atomic mass is 10.1. The molecule has 0 spiro atoms. The Balaban J connectivity index is 3.20. The van der Waals surface area contributed by atoms with Crippen LogP contribution in [-0.2, 0) is 10.0 Å². The number of nitrogens with one attached hydrogen (secondary N) is 1. The summed E-state index contributed by atoms with van der Waals surface area (Å²) in [4.78, 5) is 4.01. The molecule has 2 N–H and O–H groups in total. The van der Waals surface area contributed by atoms with Gasteiger partial charge in [-0.25, -0.2) is 13.4 Å². The van der Waals surface area contributed by atoms with Gasteiger partial charge in [0.2, 0.25) is 10.0 Å². The molecule has 6 nitrogen and oxygen atoms in total. The van der Waals surface area contributed by atoms with E-state index in [0.717, 1.165) is 4.31 Å². The third-order valence-electron chi connectivity index (χ3n) is 3.06. The SMILES string of the molecule is CCNc1ncc(S(=O)(=O)N(C)C(C)(C)CO)cc1Cl. The molecule has 0 saturated carbocycles. The van der Waals surface area contributed by atoms with E-state index in [-0.39, 0.29) is 16.5 Å². The van der Waals surface area contributed by atoms with Crippen molar-refractivity contribution in [1.29, 1.82) is 0 Å². The summed E-state index contributed by atoms with van der Waals surface area (Å²) in [5, 5.41) is 12.5. The first-order valence-electron chi connectivity index (χ1n) is 6.16. The van der Waals surface area contributed by atoms with E-state index >= 15 is 0 Å². The lowest BCUT2D eigenvalue weighted by molar-refractivity contribution is 0.138. The van der Waals surface area contributed by atoms with Crippen LogP contribution in [0.3, 0.4) is 0 Å². The van der Waals surface area contributed by atoms with Gasteiger partial charge in [0.15, 0.2) is 0 Å². The molecule has 0 bridgehead atoms. The van der Waals surface area contributed by atoms with Gasteiger partial charge in [0.25, 0.3) is 0 Å². The second kappa shape index (κ2) is 6.26. The van der Waals surface area contributed by atoms with Gasteiger partial charge in [0.05, 0.1) is 17.2 Å². The summed E-state index contributed by atoms with van der Waals surface area (Å²) >= 11 is 6.01. The number of rotatable bonds is 6. The first kappa shape index (κ1) is 17.2. The van der Waals surface area contributed by atoms with Crippen LogP contribution >= 0.6 is 11.6 Å². The monoisotopic (exact) mass is 321 g/mol. The minimum absolute atomic E-state index is 0.00632. The van der Waals surface area contributed by atoms with Gasteiger partial charge in [-0.15, -0.1) is 0 Å². The summed E-state index contributed by atoms with van der Waals surface area (Å²) in [6.45, 7) is 5.50. The molecule has 0 unspecified atom stereocenters. The van der Waals surface area contributed by atoms with Crippen molar-refractivity contribution >= 4 is 27.4 Å². The number of nitrogens with zero attached hydrogens (tertiary/aromatic N) is 2. The number of pyridine rings is 1. The van der Waals surface area contributed by atoms with E-state index in [0.29, 0.717) is 12.4 Å². The molecule has 1 aromatic rings. The molecule has 0 aliphatic carbocycles. The van der Waals surface area contributed by atoms with Crippen molar-refractivity contribution in [3.05, 3.63) is 17.3 Å². The highest BCUT2D eigenvalue weighted by atomic mass is 35.5. The zero-order chi connectivity index (χ0) is 15.6. The van der Waals surface area contributed by atoms with Crippen molar-refractivity contribution in [1.82, 2.24) is 9.29 Å². The van der Waals surface area contributed by atoms with Crippen LogP contribution < -0.4 is 5.32 Å². The Morgan fingerprint density at radius 3 is 2.55 bits per heavy atom. The van der Waals surface area contributed by atoms with Crippen molar-refractivity contribution in [2.24, 2.45) is 0 Å². The van der Waals surface area contributed by atoms with Crippen LogP contribution in [0, 0.1) is 0 Å². The maximum absolute atomic E-state index is 12.5. The van der Waals surface area contributed by atoms with Gasteiger partial charge in [-0.1, -0.05) is 11.6 Å². The summed E-state index contributed by atoms with van der Waals surface area (Å²) < 4.78 is 26.0. The molecule has 1 rings (SSSR count). The van der Waals surface area contributed by atoms with E-state index in [1.165, 1.54) is 19.3 Å². The quantitative estimate of drug-likeness (QED) is 0.831. The van der Waals surface area contributed by atoms with Gasteiger partial charge in [0.1, 0.15) is 10.7 Å². The number of anilines is 1. The molecule has 8 heteroatoms. The lowest BCUT2D eigenvalue weighted by Gasteiger charge is -2.32. The van der Waals surface area contributed by atoms with Crippen LogP contribution in [0.1, 0.15) is 20.8 Å². The van der Waals surface area contributed by atoms with Crippen molar-refractivity contribution in [2.45, 2.75) is 31.2 Å². The highest BCUT2D eigenvalue weighted by Crippen LogP contribution is 2.27. The van der Waals surface area contributed by atoms with Gasteiger partial charge >= 0.3 is 0 Å². The van der Waals surface area contributed by atoms with Crippen molar-refractivity contribution in [3.8, 4) is 0 Å². The average molecular weight is 322 g/mol. The minimum Gasteiger partial charge on any atom is -0.394 e. The molecule has 1 heterocycles. The van der Waals surface area contributed by atoms with Gasteiger partial charge in [0, 0.05) is 19.8 Å². The topological polar surface area (TPSA) is 82.5 Å². The number of halogens is 1. The van der Waals surface area contributed by atoms with Crippen molar-refractivity contribution < 1.29 is 13.5 Å². The Kier molecular flexibility index (Phi) is 5.37. The van der Waals surface area contributed by atoms with E-state index in [2.05, 4.69) is 10.3 Å². The molecule has 0 aliphatic heterocycles. The maximum Gasteiger partial charge on any atom is 0.244 e. The first-order valence-corrected chi connectivity index (χ1v) is 7.98. The van der Waals surface area contributed by atoms with Gasteiger partial charge in [-0.05, 0) is 26.8 Å². The molecule has 0 aliphatic rings. The normalized spacial score (nSPS) is 12.8. The summed E-state index contributed by atoms with van der Waals surface area (Å²) in [7, 11) is -2.35. The van der Waals surface area contributed by atoms with Crippen LogP contribution in [0.2, 0.25) is 5.02 Å². The number of hydrogen-bond acceptors (Lipinski definition) is 5. The van der Waals surface area contributed by atoms with E-state index in [4.69, 9.17) is 11.6 Å². The van der Waals surface area contributed by atoms with Crippen LogP contribution in [-0.4, -0.2) is 48.6 Å². The largest absolute Gasteiger partial charge is 0.394 e. The summed E-state index contributed by atoms with van der Waals surface area (Å²) in [5.74, 6) is 0.442. The first-order chi connectivity index (χ1) is 9.16. The smallest absolute Gasteiger partial charge is 0.244 e. The molecule has 0 atom stereocenters. The van der Waals surface area contributed by atoms with Crippen LogP contribution in [0.4, 0.5) is 5.82 Å². The Labute approximate surface area is 124 Å². The molecule has 1 aromatic heterocycles. The average Bonchev–Trinajstić information content (AvgIpc) is 2.40. The van der Waals surface area contributed by atoms with E-state index in [1.54, 1.807) is 13.8 Å². The molecular weight excluding hydrogens is 302 g/mol.